The second-order valence-corrected chi connectivity index (χ2v) is 4.72. The molecular formula is C13H24N2. The van der Waals surface area contributed by atoms with Gasteiger partial charge >= 0.3 is 0 Å². The van der Waals surface area contributed by atoms with Crippen LogP contribution in [0.25, 0.3) is 0 Å². The van der Waals surface area contributed by atoms with Gasteiger partial charge in [-0.3, -0.25) is 0 Å². The van der Waals surface area contributed by atoms with Crippen LogP contribution in [0.5, 0.6) is 0 Å². The van der Waals surface area contributed by atoms with Crippen molar-refractivity contribution in [2.75, 3.05) is 6.54 Å². The number of likely N-dealkylation sites (N-methyl/N-ethyl adjacent to an activating group) is 1. The molecule has 2 unspecified atom stereocenters. The zero-order valence-electron chi connectivity index (χ0n) is 10.5. The van der Waals surface area contributed by atoms with Crippen LogP contribution in [0.3, 0.4) is 0 Å². The summed E-state index contributed by atoms with van der Waals surface area (Å²) < 4.78 is 0. The summed E-state index contributed by atoms with van der Waals surface area (Å²) in [6, 6.07) is 0.804. The molecule has 2 nitrogen and oxygen atoms in total. The number of rotatable bonds is 5. The Morgan fingerprint density at radius 1 is 1.47 bits per heavy atom. The van der Waals surface area contributed by atoms with Gasteiger partial charge in [-0.2, -0.15) is 0 Å². The summed E-state index contributed by atoms with van der Waals surface area (Å²) in [5.41, 5.74) is 0.208. The Morgan fingerprint density at radius 2 is 2.13 bits per heavy atom. The Labute approximate surface area is 94.0 Å². The molecule has 86 valence electrons. The fourth-order valence-electron chi connectivity index (χ4n) is 2.04. The van der Waals surface area contributed by atoms with Crippen LogP contribution >= 0.6 is 0 Å². The highest BCUT2D eigenvalue weighted by Gasteiger charge is 2.34. The maximum atomic E-state index is 3.95. The number of nitrogens with one attached hydrogen (secondary N) is 1. The SMILES string of the molecule is C=CC1C(NCC)C=CN1C(C)(C)CC. The fraction of sp³-hybridized carbons (Fsp3) is 0.692. The largest absolute Gasteiger partial charge is 0.364 e. The van der Waals surface area contributed by atoms with Crippen LogP contribution in [0.4, 0.5) is 0 Å². The topological polar surface area (TPSA) is 15.3 Å². The van der Waals surface area contributed by atoms with Crippen molar-refractivity contribution in [2.45, 2.75) is 51.7 Å². The van der Waals surface area contributed by atoms with Gasteiger partial charge in [0.1, 0.15) is 0 Å². The molecule has 0 amide bonds. The summed E-state index contributed by atoms with van der Waals surface area (Å²) in [6.07, 6.45) is 7.64. The van der Waals surface area contributed by atoms with E-state index in [1.54, 1.807) is 0 Å². The summed E-state index contributed by atoms with van der Waals surface area (Å²) in [7, 11) is 0. The van der Waals surface area contributed by atoms with Gasteiger partial charge in [-0.05, 0) is 39.1 Å². The number of nitrogens with zero attached hydrogens (tertiary/aromatic N) is 1. The van der Waals surface area contributed by atoms with Crippen molar-refractivity contribution in [1.82, 2.24) is 10.2 Å². The van der Waals surface area contributed by atoms with E-state index in [2.05, 4.69) is 56.8 Å². The maximum absolute atomic E-state index is 3.95. The maximum Gasteiger partial charge on any atom is 0.0660 e. The van der Waals surface area contributed by atoms with Crippen LogP contribution in [0.15, 0.2) is 24.9 Å². The molecule has 0 bridgehead atoms. The Kier molecular flexibility index (Phi) is 3.97. The van der Waals surface area contributed by atoms with E-state index in [0.717, 1.165) is 13.0 Å². The molecule has 2 heteroatoms. The molecule has 15 heavy (non-hydrogen) atoms. The first-order valence-electron chi connectivity index (χ1n) is 5.89. The van der Waals surface area contributed by atoms with Gasteiger partial charge in [0.2, 0.25) is 0 Å². The van der Waals surface area contributed by atoms with Crippen molar-refractivity contribution in [3.05, 3.63) is 24.9 Å². The van der Waals surface area contributed by atoms with Crippen molar-refractivity contribution in [2.24, 2.45) is 0 Å². The molecule has 0 aromatic carbocycles. The first-order valence-corrected chi connectivity index (χ1v) is 5.89. The lowest BCUT2D eigenvalue weighted by molar-refractivity contribution is 0.149. The molecule has 0 aromatic rings. The molecule has 1 aliphatic rings. The summed E-state index contributed by atoms with van der Waals surface area (Å²) >= 11 is 0. The van der Waals surface area contributed by atoms with E-state index in [0.29, 0.717) is 12.1 Å². The van der Waals surface area contributed by atoms with Crippen molar-refractivity contribution in [1.29, 1.82) is 0 Å². The molecule has 1 rings (SSSR count). The second-order valence-electron chi connectivity index (χ2n) is 4.72. The minimum Gasteiger partial charge on any atom is -0.364 e. The van der Waals surface area contributed by atoms with Crippen LogP contribution in [-0.2, 0) is 0 Å². The standard InChI is InChI=1S/C13H24N2/c1-6-12-11(14-8-3)9-10-15(12)13(4,5)7-2/h6,9-12,14H,1,7-8H2,2-5H3. The Morgan fingerprint density at radius 3 is 2.60 bits per heavy atom. The van der Waals surface area contributed by atoms with E-state index in [-0.39, 0.29) is 5.54 Å². The Hall–Kier alpha value is -0.760. The third-order valence-electron chi connectivity index (χ3n) is 3.39. The zero-order chi connectivity index (χ0) is 11.5. The van der Waals surface area contributed by atoms with Crippen LogP contribution in [0.2, 0.25) is 0 Å². The van der Waals surface area contributed by atoms with Crippen molar-refractivity contribution in [3.63, 3.8) is 0 Å². The predicted octanol–water partition coefficient (Wildman–Crippen LogP) is 2.54. The molecule has 0 saturated carbocycles. The first-order chi connectivity index (χ1) is 7.06. The molecule has 0 saturated heterocycles. The average Bonchev–Trinajstić information content (AvgIpc) is 2.62. The van der Waals surface area contributed by atoms with Gasteiger partial charge in [0.15, 0.2) is 0 Å². The van der Waals surface area contributed by atoms with Crippen LogP contribution < -0.4 is 5.32 Å². The lowest BCUT2D eigenvalue weighted by atomic mass is 9.97. The van der Waals surface area contributed by atoms with Crippen LogP contribution in [0, 0.1) is 0 Å². The number of hydrogen-bond donors (Lipinski definition) is 1. The fourth-order valence-corrected chi connectivity index (χ4v) is 2.04. The summed E-state index contributed by atoms with van der Waals surface area (Å²) in [4.78, 5) is 2.41. The smallest absolute Gasteiger partial charge is 0.0660 e. The normalized spacial score (nSPS) is 26.0. The highest BCUT2D eigenvalue weighted by Crippen LogP contribution is 2.28. The molecule has 0 aromatic heterocycles. The summed E-state index contributed by atoms with van der Waals surface area (Å²) in [5.74, 6) is 0. The molecule has 0 fully saturated rings. The van der Waals surface area contributed by atoms with Gasteiger partial charge in [0.25, 0.3) is 0 Å². The molecule has 2 atom stereocenters. The van der Waals surface area contributed by atoms with E-state index in [1.807, 2.05) is 6.08 Å². The van der Waals surface area contributed by atoms with Crippen molar-refractivity contribution >= 4 is 0 Å². The van der Waals surface area contributed by atoms with Gasteiger partial charge in [0, 0.05) is 5.54 Å². The third kappa shape index (κ3) is 2.43. The lowest BCUT2D eigenvalue weighted by Crippen LogP contribution is -2.49. The zero-order valence-corrected chi connectivity index (χ0v) is 10.5. The quantitative estimate of drug-likeness (QED) is 0.698. The van der Waals surface area contributed by atoms with E-state index >= 15 is 0 Å². The van der Waals surface area contributed by atoms with Gasteiger partial charge in [-0.25, -0.2) is 0 Å². The minimum absolute atomic E-state index is 0.208. The molecule has 0 spiro atoms. The molecular weight excluding hydrogens is 184 g/mol. The minimum atomic E-state index is 0.208. The van der Waals surface area contributed by atoms with Gasteiger partial charge in [-0.1, -0.05) is 19.9 Å². The lowest BCUT2D eigenvalue weighted by Gasteiger charge is -2.40. The average molecular weight is 208 g/mol. The van der Waals surface area contributed by atoms with Crippen molar-refractivity contribution in [3.8, 4) is 0 Å². The highest BCUT2D eigenvalue weighted by atomic mass is 15.2. The monoisotopic (exact) mass is 208 g/mol. The van der Waals surface area contributed by atoms with E-state index in [4.69, 9.17) is 0 Å². The molecule has 1 aliphatic heterocycles. The van der Waals surface area contributed by atoms with E-state index in [1.165, 1.54) is 0 Å². The first kappa shape index (κ1) is 12.3. The third-order valence-corrected chi connectivity index (χ3v) is 3.39. The van der Waals surface area contributed by atoms with E-state index < -0.39 is 0 Å². The molecule has 1 N–H and O–H groups in total. The second kappa shape index (κ2) is 4.84. The molecule has 1 heterocycles. The van der Waals surface area contributed by atoms with Gasteiger partial charge in [-0.15, -0.1) is 6.58 Å². The Balaban J connectivity index is 2.77. The predicted molar refractivity (Wildman–Crippen MR) is 66.8 cm³/mol. The van der Waals surface area contributed by atoms with Crippen molar-refractivity contribution < 1.29 is 0 Å². The summed E-state index contributed by atoms with van der Waals surface area (Å²) in [5, 5.41) is 3.47. The van der Waals surface area contributed by atoms with Crippen LogP contribution in [-0.4, -0.2) is 29.1 Å². The van der Waals surface area contributed by atoms with Gasteiger partial charge < -0.3 is 10.2 Å². The highest BCUT2D eigenvalue weighted by molar-refractivity contribution is 5.17. The Bertz CT molecular complexity index is 243. The molecule has 0 aliphatic carbocycles. The van der Waals surface area contributed by atoms with Crippen LogP contribution in [0.1, 0.15) is 34.1 Å². The van der Waals surface area contributed by atoms with Gasteiger partial charge in [0.05, 0.1) is 12.1 Å². The molecule has 0 radical (unpaired) electrons. The summed E-state index contributed by atoms with van der Waals surface area (Å²) in [6.45, 7) is 13.9. The van der Waals surface area contributed by atoms with E-state index in [9.17, 15) is 0 Å². The number of hydrogen-bond acceptors (Lipinski definition) is 2.